The third kappa shape index (κ3) is 21.2. The first-order chi connectivity index (χ1) is 42.2. The van der Waals surface area contributed by atoms with Gasteiger partial charge in [-0.1, -0.05) is 55.4 Å². The van der Waals surface area contributed by atoms with Crippen LogP contribution < -0.4 is 0 Å². The van der Waals surface area contributed by atoms with Gasteiger partial charge in [0.2, 0.25) is 0 Å². The number of hydrogen-bond donors (Lipinski definition) is 0. The summed E-state index contributed by atoms with van der Waals surface area (Å²) in [5.41, 5.74) is 0. The average Bonchev–Trinajstić information content (AvgIpc) is 1.69. The lowest BCUT2D eigenvalue weighted by Crippen LogP contribution is -2.46. The third-order valence-corrected chi connectivity index (χ3v) is 24.0. The van der Waals surface area contributed by atoms with Crippen LogP contribution in [0.5, 0.6) is 0 Å². The molecule has 0 N–H and O–H groups in total. The molecule has 0 aromatic heterocycles. The van der Waals surface area contributed by atoms with Crippen LogP contribution in [0, 0.1) is 23.7 Å². The first-order valence-corrected chi connectivity index (χ1v) is 36.3. The Morgan fingerprint density at radius 2 is 0.656 bits per heavy atom. The van der Waals surface area contributed by atoms with Crippen LogP contribution in [0.4, 0.5) is 0 Å². The number of methoxy groups -OCH3 is 2. The zero-order valence-corrected chi connectivity index (χ0v) is 55.7. The maximum absolute atomic E-state index is 12.0. The summed E-state index contributed by atoms with van der Waals surface area (Å²) < 4.78 is 165. The van der Waals surface area contributed by atoms with E-state index in [9.17, 15) is 72.0 Å². The second kappa shape index (κ2) is 33.9. The molecule has 0 aromatic carbocycles. The minimum Gasteiger partial charge on any atom is -0.465 e. The van der Waals surface area contributed by atoms with Gasteiger partial charge in [-0.25, -0.2) is 9.59 Å². The van der Waals surface area contributed by atoms with E-state index in [4.69, 9.17) is 64.1 Å². The molecule has 8 aliphatic rings. The lowest BCUT2D eigenvalue weighted by atomic mass is 9.91. The van der Waals surface area contributed by atoms with Crippen molar-refractivity contribution in [3.8, 4) is 0 Å². The summed E-state index contributed by atoms with van der Waals surface area (Å²) in [6, 6.07) is 0. The molecule has 0 aromatic rings. The van der Waals surface area contributed by atoms with E-state index in [0.29, 0.717) is 70.6 Å². The van der Waals surface area contributed by atoms with Crippen molar-refractivity contribution in [3.63, 3.8) is 0 Å². The van der Waals surface area contributed by atoms with Gasteiger partial charge in [0.15, 0.2) is 25.4 Å². The summed E-state index contributed by atoms with van der Waals surface area (Å²) in [5.74, 6) is -5.10. The van der Waals surface area contributed by atoms with Crippen LogP contribution in [0.2, 0.25) is 0 Å². The zero-order valence-electron chi connectivity index (χ0n) is 52.4. The van der Waals surface area contributed by atoms with E-state index >= 15 is 0 Å². The van der Waals surface area contributed by atoms with Crippen molar-refractivity contribution in [2.24, 2.45) is 23.7 Å². The van der Waals surface area contributed by atoms with Gasteiger partial charge in [0.25, 0.3) is 40.5 Å². The highest BCUT2D eigenvalue weighted by molar-refractivity contribution is 7.88. The number of carbonyl (C=O) groups excluding carboxylic acids is 8. The number of carbonyl (C=O) groups is 8. The third-order valence-electron chi connectivity index (χ3n) is 17.0. The van der Waals surface area contributed by atoms with Crippen LogP contribution >= 0.6 is 0 Å². The molecule has 4 aliphatic carbocycles. The number of hydrogen-bond acceptors (Lipinski definition) is 30. The molecule has 0 radical (unpaired) electrons. The first-order valence-electron chi connectivity index (χ1n) is 30.4. The largest absolute Gasteiger partial charge is 0.465 e. The highest BCUT2D eigenvalue weighted by Gasteiger charge is 2.55. The Labute approximate surface area is 526 Å². The molecule has 516 valence electrons. The standard InChI is InChI=1S/C15H24O8S.C14H22O8S.C14H22O7S.C13H20O7S/c1-4-9(2)15(17)21-6-5-13(16)22-14-11(20-3)7-10-8-12(14)23-24(10,18)19;1-4-8(2)14(16)20-7-12(15)21-13-10(19-3)5-9-6-11(13)22-23(9,17)18;1-3-9(2)14(16)19-7-6-13(15)20-11-5-4-10-8-12(11)21-22(10,17)18;1-3-8(2)13(15)18-7-12(14)19-10-5-4-9-6-11(10)20-21(9,16)17/h9-12,14H,4-8H2,1-3H3;8-11,13H,4-7H2,1-3H3;9-12H,3-8H2,1-2H3;8-11H,3-7H2,1-2H3. The molecule has 4 saturated heterocycles. The van der Waals surface area contributed by atoms with Gasteiger partial charge in [-0.2, -0.15) is 33.7 Å². The molecule has 4 saturated carbocycles. The summed E-state index contributed by atoms with van der Waals surface area (Å²) in [6.45, 7) is 13.3. The highest BCUT2D eigenvalue weighted by Crippen LogP contribution is 2.41. The molecule has 8 fully saturated rings. The minimum atomic E-state index is -3.63. The van der Waals surface area contributed by atoms with Gasteiger partial charge in [-0.05, 0) is 89.9 Å². The van der Waals surface area contributed by atoms with Gasteiger partial charge in [0.05, 0.1) is 69.7 Å². The quantitative estimate of drug-likeness (QED) is 0.0761. The fourth-order valence-corrected chi connectivity index (χ4v) is 16.8. The lowest BCUT2D eigenvalue weighted by molar-refractivity contribution is -0.176. The van der Waals surface area contributed by atoms with E-state index in [0.717, 1.165) is 0 Å². The predicted octanol–water partition coefficient (Wildman–Crippen LogP) is 3.10. The van der Waals surface area contributed by atoms with Gasteiger partial charge in [0, 0.05) is 14.2 Å². The molecule has 0 amide bonds. The smallest absolute Gasteiger partial charge is 0.344 e. The van der Waals surface area contributed by atoms with Crippen LogP contribution in [0.1, 0.15) is 158 Å². The van der Waals surface area contributed by atoms with E-state index in [1.165, 1.54) is 14.2 Å². The molecule has 18 unspecified atom stereocenters. The molecule has 4 heterocycles. The number of ether oxygens (including phenoxy) is 10. The molecule has 34 heteroatoms. The zero-order chi connectivity index (χ0) is 67.1. The normalized spacial score (nSPS) is 31.8. The van der Waals surface area contributed by atoms with Crippen molar-refractivity contribution in [2.45, 2.75) is 240 Å². The average molecular weight is 1370 g/mol. The molecule has 4 aliphatic heterocycles. The second-order valence-electron chi connectivity index (χ2n) is 23.4. The van der Waals surface area contributed by atoms with Crippen LogP contribution in [-0.4, -0.2) is 204 Å². The molecular formula is C56H88O30S4. The van der Waals surface area contributed by atoms with Crippen molar-refractivity contribution in [1.29, 1.82) is 0 Å². The Kier molecular flexibility index (Phi) is 28.7. The van der Waals surface area contributed by atoms with Crippen LogP contribution in [0.25, 0.3) is 0 Å². The molecule has 18 atom stereocenters. The molecular weight excluding hydrogens is 1280 g/mol. The molecule has 90 heavy (non-hydrogen) atoms. The van der Waals surface area contributed by atoms with E-state index < -0.39 is 172 Å². The maximum atomic E-state index is 12.0. The number of rotatable bonds is 24. The Balaban J connectivity index is 0.000000218. The van der Waals surface area contributed by atoms with E-state index in [1.54, 1.807) is 27.7 Å². The second-order valence-corrected chi connectivity index (χ2v) is 30.7. The van der Waals surface area contributed by atoms with Gasteiger partial charge < -0.3 is 47.4 Å². The fourth-order valence-electron chi connectivity index (χ4n) is 10.6. The lowest BCUT2D eigenvalue weighted by Gasteiger charge is -2.32. The molecule has 30 nitrogen and oxygen atoms in total. The summed E-state index contributed by atoms with van der Waals surface area (Å²) in [7, 11) is -11.4. The van der Waals surface area contributed by atoms with E-state index in [2.05, 4.69) is 0 Å². The van der Waals surface area contributed by atoms with Gasteiger partial charge in [-0.15, -0.1) is 0 Å². The van der Waals surface area contributed by atoms with Crippen molar-refractivity contribution in [1.82, 2.24) is 0 Å². The highest BCUT2D eigenvalue weighted by atomic mass is 32.2. The summed E-state index contributed by atoms with van der Waals surface area (Å²) in [4.78, 5) is 93.2. The SMILES string of the molecule is CCC(C)C(=O)OCC(=O)OC1C(OC)CC2CC1OS2(=O)=O.CCC(C)C(=O)OCC(=O)OC1CCC2CC1OS2(=O)=O.CCC(C)C(=O)OCCC(=O)OC1C(OC)CC2CC1OS2(=O)=O.CCC(C)C(=O)OCCC(=O)OC1CCC2CC1OS2(=O)=O. The van der Waals surface area contributed by atoms with Gasteiger partial charge >= 0.3 is 47.8 Å². The van der Waals surface area contributed by atoms with Crippen molar-refractivity contribution >= 4 is 88.2 Å². The van der Waals surface area contributed by atoms with E-state index in [-0.39, 0.29) is 80.9 Å². The molecule has 8 rings (SSSR count). The Morgan fingerprint density at radius 3 is 1.01 bits per heavy atom. The minimum absolute atomic E-state index is 0.0266. The van der Waals surface area contributed by atoms with Crippen molar-refractivity contribution < 1.29 is 136 Å². The molecule has 8 bridgehead atoms. The summed E-state index contributed by atoms with van der Waals surface area (Å²) in [5, 5.41) is -2.20. The predicted molar refractivity (Wildman–Crippen MR) is 308 cm³/mol. The first kappa shape index (κ1) is 76.0. The Morgan fingerprint density at radius 1 is 0.367 bits per heavy atom. The van der Waals surface area contributed by atoms with Gasteiger partial charge in [0.1, 0.15) is 49.8 Å². The van der Waals surface area contributed by atoms with Crippen molar-refractivity contribution in [2.75, 3.05) is 40.6 Å². The Bertz CT molecular complexity index is 2950. The van der Waals surface area contributed by atoms with Crippen LogP contribution in [0.15, 0.2) is 0 Å². The topological polar surface area (TPSA) is 402 Å². The molecule has 0 spiro atoms. The van der Waals surface area contributed by atoms with Crippen molar-refractivity contribution in [3.05, 3.63) is 0 Å². The van der Waals surface area contributed by atoms with Gasteiger partial charge in [-0.3, -0.25) is 45.5 Å². The fraction of sp³-hybridized carbons (Fsp3) is 0.857. The number of esters is 8. The monoisotopic (exact) mass is 1370 g/mol. The van der Waals surface area contributed by atoms with Crippen LogP contribution in [0.3, 0.4) is 0 Å². The Hall–Kier alpha value is -4.68. The van der Waals surface area contributed by atoms with Crippen LogP contribution in [-0.2, 0) is 143 Å². The summed E-state index contributed by atoms with van der Waals surface area (Å²) >= 11 is 0. The van der Waals surface area contributed by atoms with E-state index in [1.807, 2.05) is 27.7 Å². The number of fused-ring (bicyclic) bond motifs is 8. The summed E-state index contributed by atoms with van der Waals surface area (Å²) in [6.07, 6.45) is -0.509. The maximum Gasteiger partial charge on any atom is 0.344 e.